The second-order valence-corrected chi connectivity index (χ2v) is 7.08. The molecule has 26 heavy (non-hydrogen) atoms. The molecule has 0 saturated carbocycles. The van der Waals surface area contributed by atoms with Crippen LogP contribution in [-0.4, -0.2) is 29.1 Å². The number of nitrogens with zero attached hydrogens (tertiary/aromatic N) is 1. The van der Waals surface area contributed by atoms with E-state index in [1.54, 1.807) is 18.2 Å². The first-order chi connectivity index (χ1) is 12.4. The third-order valence-electron chi connectivity index (χ3n) is 3.97. The van der Waals surface area contributed by atoms with Gasteiger partial charge in [0.25, 0.3) is 5.91 Å². The van der Waals surface area contributed by atoms with Crippen LogP contribution in [0, 0.1) is 10.5 Å². The molecule has 1 fully saturated rings. The molecule has 1 heterocycles. The lowest BCUT2D eigenvalue weighted by Crippen LogP contribution is -2.30. The summed E-state index contributed by atoms with van der Waals surface area (Å²) in [4.78, 5) is 26.0. The molecule has 1 saturated heterocycles. The van der Waals surface area contributed by atoms with E-state index in [0.717, 1.165) is 11.1 Å². The zero-order valence-electron chi connectivity index (χ0n) is 14.2. The van der Waals surface area contributed by atoms with Gasteiger partial charge < -0.3 is 15.2 Å². The first-order valence-electron chi connectivity index (χ1n) is 7.85. The maximum Gasteiger partial charge on any atom is 0.329 e. The zero-order valence-corrected chi connectivity index (χ0v) is 16.4. The van der Waals surface area contributed by atoms with Crippen LogP contribution in [0.25, 0.3) is 6.08 Å². The van der Waals surface area contributed by atoms with Crippen LogP contribution in [-0.2, 0) is 11.3 Å². The quantitative estimate of drug-likeness (QED) is 0.413. The number of phenols is 1. The van der Waals surface area contributed by atoms with Crippen LogP contribution < -0.4 is 10.1 Å². The van der Waals surface area contributed by atoms with Gasteiger partial charge in [0.15, 0.2) is 11.5 Å². The van der Waals surface area contributed by atoms with Crippen molar-refractivity contribution in [1.29, 1.82) is 0 Å². The molecule has 2 N–H and O–H groups in total. The Labute approximate surface area is 164 Å². The Bertz CT molecular complexity index is 924. The summed E-state index contributed by atoms with van der Waals surface area (Å²) in [6.45, 7) is 2.17. The largest absolute Gasteiger partial charge is 0.504 e. The summed E-state index contributed by atoms with van der Waals surface area (Å²) in [6.07, 6.45) is 1.57. The number of hydrogen-bond donors (Lipinski definition) is 2. The van der Waals surface area contributed by atoms with Gasteiger partial charge in [-0.2, -0.15) is 0 Å². The first-order valence-corrected chi connectivity index (χ1v) is 8.93. The highest BCUT2D eigenvalue weighted by molar-refractivity contribution is 14.1. The lowest BCUT2D eigenvalue weighted by molar-refractivity contribution is -0.123. The van der Waals surface area contributed by atoms with Crippen molar-refractivity contribution in [3.8, 4) is 11.5 Å². The van der Waals surface area contributed by atoms with Crippen molar-refractivity contribution in [1.82, 2.24) is 10.2 Å². The van der Waals surface area contributed by atoms with E-state index < -0.39 is 11.9 Å². The summed E-state index contributed by atoms with van der Waals surface area (Å²) in [5.74, 6) is -0.0474. The summed E-state index contributed by atoms with van der Waals surface area (Å²) in [5.41, 5.74) is 2.78. The third-order valence-corrected chi connectivity index (χ3v) is 4.79. The standard InChI is InChI=1S/C19H17IN2O4/c1-11-4-3-5-12(6-11)10-22-18(24)15(21-19(22)25)8-13-7-14(20)17(23)16(9-13)26-2/h3-9,23H,10H2,1-2H3,(H,21,25)/b15-8+. The second kappa shape index (κ2) is 7.36. The number of phenolic OH excluding ortho intramolecular Hbond substituents is 1. The molecule has 2 aromatic carbocycles. The third kappa shape index (κ3) is 3.67. The van der Waals surface area contributed by atoms with E-state index in [9.17, 15) is 14.7 Å². The maximum absolute atomic E-state index is 12.6. The Morgan fingerprint density at radius 3 is 2.73 bits per heavy atom. The fourth-order valence-corrected chi connectivity index (χ4v) is 3.33. The van der Waals surface area contributed by atoms with Gasteiger partial charge in [0.05, 0.1) is 17.2 Å². The van der Waals surface area contributed by atoms with E-state index in [1.807, 2.05) is 53.8 Å². The number of hydrogen-bond acceptors (Lipinski definition) is 4. The van der Waals surface area contributed by atoms with Gasteiger partial charge in [-0.3, -0.25) is 9.69 Å². The summed E-state index contributed by atoms with van der Waals surface area (Å²) in [6, 6.07) is 10.5. The molecule has 0 bridgehead atoms. The second-order valence-electron chi connectivity index (χ2n) is 5.92. The van der Waals surface area contributed by atoms with Crippen molar-refractivity contribution in [2.24, 2.45) is 0 Å². The van der Waals surface area contributed by atoms with Gasteiger partial charge in [-0.25, -0.2) is 4.79 Å². The predicted octanol–water partition coefficient (Wildman–Crippen LogP) is 3.41. The van der Waals surface area contributed by atoms with Crippen LogP contribution >= 0.6 is 22.6 Å². The minimum absolute atomic E-state index is 0.0399. The summed E-state index contributed by atoms with van der Waals surface area (Å²) >= 11 is 1.98. The monoisotopic (exact) mass is 464 g/mol. The summed E-state index contributed by atoms with van der Waals surface area (Å²) in [7, 11) is 1.45. The van der Waals surface area contributed by atoms with Crippen LogP contribution in [0.4, 0.5) is 4.79 Å². The Hall–Kier alpha value is -2.55. The number of aryl methyl sites for hydroxylation is 1. The highest BCUT2D eigenvalue weighted by atomic mass is 127. The van der Waals surface area contributed by atoms with E-state index in [1.165, 1.54) is 12.0 Å². The number of urea groups is 1. The van der Waals surface area contributed by atoms with Crippen LogP contribution in [0.3, 0.4) is 0 Å². The molecule has 7 heteroatoms. The minimum Gasteiger partial charge on any atom is -0.504 e. The highest BCUT2D eigenvalue weighted by Gasteiger charge is 2.33. The van der Waals surface area contributed by atoms with E-state index in [4.69, 9.17) is 4.74 Å². The minimum atomic E-state index is -0.455. The van der Waals surface area contributed by atoms with Crippen LogP contribution in [0.2, 0.25) is 0 Å². The van der Waals surface area contributed by atoms with Crippen LogP contribution in [0.1, 0.15) is 16.7 Å². The van der Waals surface area contributed by atoms with E-state index in [0.29, 0.717) is 14.9 Å². The van der Waals surface area contributed by atoms with Gasteiger partial charge in [0.2, 0.25) is 0 Å². The fraction of sp³-hybridized carbons (Fsp3) is 0.158. The van der Waals surface area contributed by atoms with Gasteiger partial charge in [-0.15, -0.1) is 0 Å². The Kier molecular flexibility index (Phi) is 5.17. The zero-order chi connectivity index (χ0) is 18.8. The van der Waals surface area contributed by atoms with Crippen molar-refractivity contribution < 1.29 is 19.4 Å². The average molecular weight is 464 g/mol. The number of rotatable bonds is 4. The number of halogens is 1. The Morgan fingerprint density at radius 1 is 1.27 bits per heavy atom. The molecule has 0 aliphatic carbocycles. The lowest BCUT2D eigenvalue weighted by Gasteiger charge is -2.12. The number of carbonyl (C=O) groups is 2. The van der Waals surface area contributed by atoms with Crippen molar-refractivity contribution in [3.63, 3.8) is 0 Å². The molecule has 1 aliphatic heterocycles. The van der Waals surface area contributed by atoms with Gasteiger partial charge in [0, 0.05) is 0 Å². The molecule has 0 spiro atoms. The molecule has 0 aromatic heterocycles. The molecule has 3 amide bonds. The number of ether oxygens (including phenoxy) is 1. The van der Waals surface area contributed by atoms with Gasteiger partial charge in [-0.05, 0) is 58.9 Å². The molecule has 3 rings (SSSR count). The van der Waals surface area contributed by atoms with Gasteiger partial charge in [0.1, 0.15) is 5.70 Å². The average Bonchev–Trinajstić information content (AvgIpc) is 2.85. The van der Waals surface area contributed by atoms with E-state index >= 15 is 0 Å². The SMILES string of the molecule is COc1cc(/C=C2/NC(=O)N(Cc3cccc(C)c3)C2=O)cc(I)c1O. The van der Waals surface area contributed by atoms with Crippen molar-refractivity contribution in [2.45, 2.75) is 13.5 Å². The Morgan fingerprint density at radius 2 is 2.04 bits per heavy atom. The van der Waals surface area contributed by atoms with Crippen LogP contribution in [0.5, 0.6) is 11.5 Å². The number of benzene rings is 2. The Balaban J connectivity index is 1.87. The topological polar surface area (TPSA) is 78.9 Å². The number of amides is 3. The lowest BCUT2D eigenvalue weighted by atomic mass is 10.1. The molecule has 0 radical (unpaired) electrons. The molecule has 6 nitrogen and oxygen atoms in total. The van der Waals surface area contributed by atoms with E-state index in [-0.39, 0.29) is 18.0 Å². The highest BCUT2D eigenvalue weighted by Crippen LogP contribution is 2.33. The first kappa shape index (κ1) is 18.2. The number of nitrogens with one attached hydrogen (secondary N) is 1. The molecular formula is C19H17IN2O4. The number of aromatic hydroxyl groups is 1. The van der Waals surface area contributed by atoms with Crippen LogP contribution in [0.15, 0.2) is 42.1 Å². The normalized spacial score (nSPS) is 15.5. The molecule has 134 valence electrons. The molecule has 1 aliphatic rings. The van der Waals surface area contributed by atoms with Crippen molar-refractivity contribution in [3.05, 3.63) is 62.4 Å². The number of methoxy groups -OCH3 is 1. The van der Waals surface area contributed by atoms with E-state index in [2.05, 4.69) is 5.32 Å². The van der Waals surface area contributed by atoms with Gasteiger partial charge in [-0.1, -0.05) is 29.8 Å². The smallest absolute Gasteiger partial charge is 0.329 e. The molecule has 2 aromatic rings. The van der Waals surface area contributed by atoms with Crippen molar-refractivity contribution >= 4 is 40.6 Å². The predicted molar refractivity (Wildman–Crippen MR) is 106 cm³/mol. The van der Waals surface area contributed by atoms with Crippen molar-refractivity contribution in [2.75, 3.05) is 7.11 Å². The molecular weight excluding hydrogens is 447 g/mol. The number of carbonyl (C=O) groups excluding carboxylic acids is 2. The number of imide groups is 1. The maximum atomic E-state index is 12.6. The summed E-state index contributed by atoms with van der Waals surface area (Å²) in [5, 5.41) is 12.5. The fourth-order valence-electron chi connectivity index (χ4n) is 2.71. The molecule has 0 unspecified atom stereocenters. The van der Waals surface area contributed by atoms with Gasteiger partial charge >= 0.3 is 6.03 Å². The summed E-state index contributed by atoms with van der Waals surface area (Å²) < 4.78 is 5.71. The molecule has 0 atom stereocenters.